The first-order valence-electron chi connectivity index (χ1n) is 10.4. The van der Waals surface area contributed by atoms with E-state index in [0.717, 1.165) is 44.0 Å². The van der Waals surface area contributed by atoms with E-state index in [-0.39, 0.29) is 5.82 Å². The smallest absolute Gasteiger partial charge is 0.410 e. The second kappa shape index (κ2) is 8.83. The van der Waals surface area contributed by atoms with Crippen LogP contribution in [0.3, 0.4) is 0 Å². The van der Waals surface area contributed by atoms with Gasteiger partial charge in [-0.25, -0.2) is 13.6 Å². The van der Waals surface area contributed by atoms with Gasteiger partial charge in [-0.05, 0) is 36.5 Å². The molecule has 3 heterocycles. The SMILES string of the molecule is CC(CF)OC(=O)N1CC2CN(Cc3ccc(F)cc3N3CCOCC3)CC2C1. The molecule has 0 saturated carbocycles. The van der Waals surface area contributed by atoms with Crippen LogP contribution in [0.15, 0.2) is 18.2 Å². The molecular weight excluding hydrogens is 380 g/mol. The largest absolute Gasteiger partial charge is 0.444 e. The second-order valence-electron chi connectivity index (χ2n) is 8.34. The van der Waals surface area contributed by atoms with E-state index in [1.165, 1.54) is 6.07 Å². The molecule has 1 amide bonds. The van der Waals surface area contributed by atoms with E-state index in [0.29, 0.717) is 38.1 Å². The molecule has 3 atom stereocenters. The average molecular weight is 409 g/mol. The van der Waals surface area contributed by atoms with Gasteiger partial charge in [-0.15, -0.1) is 0 Å². The zero-order valence-electron chi connectivity index (χ0n) is 16.9. The molecule has 29 heavy (non-hydrogen) atoms. The van der Waals surface area contributed by atoms with E-state index in [1.54, 1.807) is 17.9 Å². The van der Waals surface area contributed by atoms with Crippen molar-refractivity contribution >= 4 is 11.8 Å². The van der Waals surface area contributed by atoms with Crippen LogP contribution in [0.1, 0.15) is 12.5 Å². The van der Waals surface area contributed by atoms with Crippen LogP contribution in [0.5, 0.6) is 0 Å². The van der Waals surface area contributed by atoms with Crippen molar-refractivity contribution in [1.29, 1.82) is 0 Å². The Balaban J connectivity index is 1.36. The Labute approximate surface area is 170 Å². The molecule has 1 aromatic carbocycles. The van der Waals surface area contributed by atoms with Gasteiger partial charge in [-0.2, -0.15) is 0 Å². The Kier molecular flexibility index (Phi) is 6.20. The highest BCUT2D eigenvalue weighted by Crippen LogP contribution is 2.34. The van der Waals surface area contributed by atoms with Gasteiger partial charge in [0.2, 0.25) is 0 Å². The number of fused-ring (bicyclic) bond motifs is 1. The monoisotopic (exact) mass is 409 g/mol. The Morgan fingerprint density at radius 1 is 1.21 bits per heavy atom. The van der Waals surface area contributed by atoms with Crippen LogP contribution < -0.4 is 4.90 Å². The van der Waals surface area contributed by atoms with Crippen molar-refractivity contribution < 1.29 is 23.0 Å². The van der Waals surface area contributed by atoms with Crippen LogP contribution in [-0.4, -0.2) is 81.2 Å². The maximum absolute atomic E-state index is 13.9. The summed E-state index contributed by atoms with van der Waals surface area (Å²) in [6.07, 6.45) is -1.11. The Hall–Kier alpha value is -1.93. The number of alkyl halides is 1. The van der Waals surface area contributed by atoms with Gasteiger partial charge < -0.3 is 19.3 Å². The number of benzene rings is 1. The van der Waals surface area contributed by atoms with Gasteiger partial charge in [-0.1, -0.05) is 6.07 Å². The normalized spacial score (nSPS) is 25.9. The number of carbonyl (C=O) groups is 1. The van der Waals surface area contributed by atoms with E-state index in [2.05, 4.69) is 9.80 Å². The Morgan fingerprint density at radius 2 is 1.90 bits per heavy atom. The first kappa shape index (κ1) is 20.3. The quantitative estimate of drug-likeness (QED) is 0.748. The highest BCUT2D eigenvalue weighted by Gasteiger charge is 2.42. The summed E-state index contributed by atoms with van der Waals surface area (Å²) in [4.78, 5) is 18.4. The number of likely N-dealkylation sites (tertiary alicyclic amines) is 2. The lowest BCUT2D eigenvalue weighted by Crippen LogP contribution is -2.37. The number of hydrogen-bond acceptors (Lipinski definition) is 5. The van der Waals surface area contributed by atoms with Crippen molar-refractivity contribution in [2.24, 2.45) is 11.8 Å². The molecular formula is C21H29F2N3O3. The maximum atomic E-state index is 13.9. The summed E-state index contributed by atoms with van der Waals surface area (Å²) in [7, 11) is 0. The minimum Gasteiger partial charge on any atom is -0.444 e. The number of hydrogen-bond donors (Lipinski definition) is 0. The third-order valence-electron chi connectivity index (χ3n) is 6.13. The van der Waals surface area contributed by atoms with Gasteiger partial charge in [0.1, 0.15) is 18.6 Å². The van der Waals surface area contributed by atoms with Crippen LogP contribution in [-0.2, 0) is 16.0 Å². The molecule has 3 fully saturated rings. The molecule has 3 aliphatic rings. The molecule has 160 valence electrons. The fourth-order valence-electron chi connectivity index (χ4n) is 4.66. The zero-order chi connectivity index (χ0) is 20.4. The number of amides is 1. The van der Waals surface area contributed by atoms with Crippen LogP contribution in [0.4, 0.5) is 19.3 Å². The van der Waals surface area contributed by atoms with Gasteiger partial charge in [0.15, 0.2) is 0 Å². The Morgan fingerprint density at radius 3 is 2.55 bits per heavy atom. The van der Waals surface area contributed by atoms with Gasteiger partial charge in [0, 0.05) is 51.5 Å². The topological polar surface area (TPSA) is 45.2 Å². The number of rotatable bonds is 5. The van der Waals surface area contributed by atoms with E-state index in [4.69, 9.17) is 9.47 Å². The lowest BCUT2D eigenvalue weighted by atomic mass is 10.0. The summed E-state index contributed by atoms with van der Waals surface area (Å²) in [5.41, 5.74) is 2.08. The van der Waals surface area contributed by atoms with Crippen LogP contribution in [0.25, 0.3) is 0 Å². The van der Waals surface area contributed by atoms with Gasteiger partial charge >= 0.3 is 6.09 Å². The van der Waals surface area contributed by atoms with E-state index < -0.39 is 18.9 Å². The van der Waals surface area contributed by atoms with Crippen molar-refractivity contribution in [2.45, 2.75) is 19.6 Å². The first-order valence-corrected chi connectivity index (χ1v) is 10.4. The standard InChI is InChI=1S/C21H29F2N3O3/c1-15(9-22)29-21(27)26-13-17-11-24(12-18(17)14-26)10-16-2-3-19(23)8-20(16)25-4-6-28-7-5-25/h2-3,8,15,17-18H,4-7,9-14H2,1H3. The van der Waals surface area contributed by atoms with E-state index in [9.17, 15) is 13.6 Å². The lowest BCUT2D eigenvalue weighted by Gasteiger charge is -2.31. The van der Waals surface area contributed by atoms with Crippen LogP contribution in [0, 0.1) is 17.7 Å². The lowest BCUT2D eigenvalue weighted by molar-refractivity contribution is 0.0618. The first-order chi connectivity index (χ1) is 14.0. The van der Waals surface area contributed by atoms with Crippen molar-refractivity contribution in [3.8, 4) is 0 Å². The molecule has 0 aromatic heterocycles. The molecule has 0 aliphatic carbocycles. The number of nitrogens with zero attached hydrogens (tertiary/aromatic N) is 3. The van der Waals surface area contributed by atoms with Gasteiger partial charge in [0.25, 0.3) is 0 Å². The highest BCUT2D eigenvalue weighted by molar-refractivity contribution is 5.68. The molecule has 4 rings (SSSR count). The third kappa shape index (κ3) is 4.64. The number of halogens is 2. The van der Waals surface area contributed by atoms with E-state index in [1.807, 2.05) is 6.07 Å². The van der Waals surface area contributed by atoms with Gasteiger partial charge in [0.05, 0.1) is 13.2 Å². The van der Waals surface area contributed by atoms with Crippen molar-refractivity contribution in [3.05, 3.63) is 29.6 Å². The predicted molar refractivity (Wildman–Crippen MR) is 105 cm³/mol. The minimum absolute atomic E-state index is 0.217. The molecule has 8 heteroatoms. The molecule has 3 unspecified atom stereocenters. The van der Waals surface area contributed by atoms with Crippen molar-refractivity contribution in [3.63, 3.8) is 0 Å². The van der Waals surface area contributed by atoms with Crippen molar-refractivity contribution in [2.75, 3.05) is 64.1 Å². The number of carbonyl (C=O) groups excluding carboxylic acids is 1. The molecule has 0 spiro atoms. The van der Waals surface area contributed by atoms with Crippen LogP contribution >= 0.6 is 0 Å². The minimum atomic E-state index is -0.698. The molecule has 0 N–H and O–H groups in total. The number of ether oxygens (including phenoxy) is 2. The maximum Gasteiger partial charge on any atom is 0.410 e. The Bertz CT molecular complexity index is 715. The zero-order valence-corrected chi connectivity index (χ0v) is 16.9. The molecule has 3 aliphatic heterocycles. The summed E-state index contributed by atoms with van der Waals surface area (Å²) in [5.74, 6) is 0.580. The summed E-state index contributed by atoms with van der Waals surface area (Å²) >= 11 is 0. The molecule has 0 bridgehead atoms. The fraction of sp³-hybridized carbons (Fsp3) is 0.667. The number of morpholine rings is 1. The summed E-state index contributed by atoms with van der Waals surface area (Å²) < 4.78 is 37.0. The highest BCUT2D eigenvalue weighted by atomic mass is 19.1. The molecule has 1 aromatic rings. The molecule has 3 saturated heterocycles. The predicted octanol–water partition coefficient (Wildman–Crippen LogP) is 2.52. The second-order valence-corrected chi connectivity index (χ2v) is 8.34. The van der Waals surface area contributed by atoms with Crippen LogP contribution in [0.2, 0.25) is 0 Å². The van der Waals surface area contributed by atoms with E-state index >= 15 is 0 Å². The number of anilines is 1. The average Bonchev–Trinajstić information content (AvgIpc) is 3.28. The summed E-state index contributed by atoms with van der Waals surface area (Å²) in [6.45, 7) is 7.63. The summed E-state index contributed by atoms with van der Waals surface area (Å²) in [6, 6.07) is 5.04. The fourth-order valence-corrected chi connectivity index (χ4v) is 4.66. The third-order valence-corrected chi connectivity index (χ3v) is 6.13. The van der Waals surface area contributed by atoms with Crippen molar-refractivity contribution in [1.82, 2.24) is 9.80 Å². The summed E-state index contributed by atoms with van der Waals surface area (Å²) in [5, 5.41) is 0. The molecule has 0 radical (unpaired) electrons. The van der Waals surface area contributed by atoms with Gasteiger partial charge in [-0.3, -0.25) is 4.90 Å². The molecule has 6 nitrogen and oxygen atoms in total.